The van der Waals surface area contributed by atoms with Crippen LogP contribution < -0.4 is 0 Å². The molecule has 0 aliphatic heterocycles. The first kappa shape index (κ1) is 10.2. The van der Waals surface area contributed by atoms with Gasteiger partial charge in [0, 0.05) is 12.8 Å². The molecular formula is C7H13FO3. The molecule has 66 valence electrons. The second kappa shape index (κ2) is 4.16. The second-order valence-electron chi connectivity index (χ2n) is 2.15. The van der Waals surface area contributed by atoms with Crippen molar-refractivity contribution in [2.45, 2.75) is 32.5 Å². The van der Waals surface area contributed by atoms with E-state index in [1.165, 1.54) is 0 Å². The molecule has 0 bridgehead atoms. The van der Waals surface area contributed by atoms with Gasteiger partial charge in [0.25, 0.3) is 5.85 Å². The van der Waals surface area contributed by atoms with Crippen molar-refractivity contribution in [3.63, 3.8) is 0 Å². The van der Waals surface area contributed by atoms with E-state index in [4.69, 9.17) is 0 Å². The van der Waals surface area contributed by atoms with E-state index in [0.29, 0.717) is 0 Å². The van der Waals surface area contributed by atoms with Gasteiger partial charge in [-0.2, -0.15) is 4.39 Å². The highest BCUT2D eigenvalue weighted by molar-refractivity contribution is 5.60. The molecule has 3 nitrogen and oxygen atoms in total. The number of carbonyl (C=O) groups is 1. The van der Waals surface area contributed by atoms with E-state index in [0.717, 1.165) is 7.11 Å². The predicted molar refractivity (Wildman–Crippen MR) is 37.9 cm³/mol. The molecule has 0 aromatic carbocycles. The topological polar surface area (TPSA) is 35.5 Å². The summed E-state index contributed by atoms with van der Waals surface area (Å²) in [5, 5.41) is 0. The molecule has 0 radical (unpaired) electrons. The Morgan fingerprint density at radius 2 is 1.91 bits per heavy atom. The van der Waals surface area contributed by atoms with E-state index in [9.17, 15) is 9.18 Å². The third-order valence-electron chi connectivity index (χ3n) is 1.49. The standard InChI is InChI=1S/C7H13FO3/c1-4-7(8,5-2)11-6(9)10-3/h4-5H2,1-3H3. The van der Waals surface area contributed by atoms with E-state index in [-0.39, 0.29) is 12.8 Å². The molecule has 0 aromatic heterocycles. The number of methoxy groups -OCH3 is 1. The minimum atomic E-state index is -1.87. The Bertz CT molecular complexity index is 132. The molecule has 0 fully saturated rings. The Kier molecular flexibility index (Phi) is 3.85. The largest absolute Gasteiger partial charge is 0.510 e. The van der Waals surface area contributed by atoms with Crippen LogP contribution in [0.15, 0.2) is 0 Å². The van der Waals surface area contributed by atoms with Crippen molar-refractivity contribution in [1.82, 2.24) is 0 Å². The molecule has 0 unspecified atom stereocenters. The average molecular weight is 164 g/mol. The zero-order valence-corrected chi connectivity index (χ0v) is 7.02. The molecule has 0 heterocycles. The Labute approximate surface area is 65.5 Å². The summed E-state index contributed by atoms with van der Waals surface area (Å²) in [7, 11) is 1.15. The molecule has 11 heavy (non-hydrogen) atoms. The predicted octanol–water partition coefficient (Wildman–Crippen LogP) is 2.26. The van der Waals surface area contributed by atoms with Crippen LogP contribution in [-0.2, 0) is 9.47 Å². The van der Waals surface area contributed by atoms with E-state index >= 15 is 0 Å². The van der Waals surface area contributed by atoms with Crippen LogP contribution in [0, 0.1) is 0 Å². The van der Waals surface area contributed by atoms with Crippen LogP contribution in [0.3, 0.4) is 0 Å². The average Bonchev–Trinajstić information content (AvgIpc) is 2.04. The molecule has 0 atom stereocenters. The lowest BCUT2D eigenvalue weighted by Gasteiger charge is -2.20. The first-order valence-corrected chi connectivity index (χ1v) is 3.54. The van der Waals surface area contributed by atoms with Gasteiger partial charge in [0.05, 0.1) is 7.11 Å². The fraction of sp³-hybridized carbons (Fsp3) is 0.857. The monoisotopic (exact) mass is 164 g/mol. The number of rotatable bonds is 3. The van der Waals surface area contributed by atoms with Crippen LogP contribution in [0.4, 0.5) is 9.18 Å². The number of halogens is 1. The lowest BCUT2D eigenvalue weighted by Crippen LogP contribution is -2.28. The Morgan fingerprint density at radius 1 is 1.45 bits per heavy atom. The van der Waals surface area contributed by atoms with Crippen LogP contribution >= 0.6 is 0 Å². The minimum absolute atomic E-state index is 0.137. The first-order valence-electron chi connectivity index (χ1n) is 3.54. The van der Waals surface area contributed by atoms with Crippen molar-refractivity contribution in [3.8, 4) is 0 Å². The van der Waals surface area contributed by atoms with Crippen LogP contribution in [0.5, 0.6) is 0 Å². The van der Waals surface area contributed by atoms with Gasteiger partial charge in [-0.25, -0.2) is 4.79 Å². The van der Waals surface area contributed by atoms with Crippen molar-refractivity contribution in [1.29, 1.82) is 0 Å². The summed E-state index contributed by atoms with van der Waals surface area (Å²) < 4.78 is 21.7. The lowest BCUT2D eigenvalue weighted by molar-refractivity contribution is -0.120. The summed E-state index contributed by atoms with van der Waals surface area (Å²) in [5.41, 5.74) is 0. The molecule has 0 saturated carbocycles. The SMILES string of the molecule is CCC(F)(CC)OC(=O)OC. The van der Waals surface area contributed by atoms with Gasteiger partial charge in [-0.1, -0.05) is 13.8 Å². The minimum Gasteiger partial charge on any atom is -0.438 e. The Balaban J connectivity index is 3.96. The number of hydrogen-bond donors (Lipinski definition) is 0. The van der Waals surface area contributed by atoms with Gasteiger partial charge in [-0.3, -0.25) is 0 Å². The molecular weight excluding hydrogens is 151 g/mol. The molecule has 0 saturated heterocycles. The number of alkyl halides is 1. The van der Waals surface area contributed by atoms with Crippen molar-refractivity contribution < 1.29 is 18.7 Å². The van der Waals surface area contributed by atoms with Gasteiger partial charge in [-0.15, -0.1) is 0 Å². The van der Waals surface area contributed by atoms with Gasteiger partial charge in [-0.05, 0) is 0 Å². The van der Waals surface area contributed by atoms with Crippen LogP contribution in [0.1, 0.15) is 26.7 Å². The lowest BCUT2D eigenvalue weighted by atomic mass is 10.2. The summed E-state index contributed by atoms with van der Waals surface area (Å²) in [6.07, 6.45) is -0.701. The molecule has 0 rings (SSSR count). The summed E-state index contributed by atoms with van der Waals surface area (Å²) >= 11 is 0. The molecule has 4 heteroatoms. The first-order chi connectivity index (χ1) is 5.08. The zero-order chi connectivity index (χ0) is 8.91. The van der Waals surface area contributed by atoms with Crippen molar-refractivity contribution in [2.75, 3.05) is 7.11 Å². The molecule has 0 aliphatic carbocycles. The van der Waals surface area contributed by atoms with Crippen molar-refractivity contribution in [3.05, 3.63) is 0 Å². The highest BCUT2D eigenvalue weighted by atomic mass is 19.2. The maximum Gasteiger partial charge on any atom is 0.510 e. The third kappa shape index (κ3) is 3.20. The number of ether oxygens (including phenoxy) is 2. The second-order valence-corrected chi connectivity index (χ2v) is 2.15. The number of hydrogen-bond acceptors (Lipinski definition) is 3. The van der Waals surface area contributed by atoms with Crippen molar-refractivity contribution in [2.24, 2.45) is 0 Å². The quantitative estimate of drug-likeness (QED) is 0.600. The van der Waals surface area contributed by atoms with E-state index in [1.54, 1.807) is 13.8 Å². The molecule has 0 N–H and O–H groups in total. The van der Waals surface area contributed by atoms with E-state index in [2.05, 4.69) is 9.47 Å². The van der Waals surface area contributed by atoms with Gasteiger partial charge >= 0.3 is 6.16 Å². The summed E-state index contributed by atoms with van der Waals surface area (Å²) in [5.74, 6) is -1.87. The summed E-state index contributed by atoms with van der Waals surface area (Å²) in [6, 6.07) is 0. The Morgan fingerprint density at radius 3 is 2.18 bits per heavy atom. The fourth-order valence-corrected chi connectivity index (χ4v) is 0.585. The normalized spacial score (nSPS) is 10.9. The number of carbonyl (C=O) groups excluding carboxylic acids is 1. The van der Waals surface area contributed by atoms with Crippen LogP contribution in [0.2, 0.25) is 0 Å². The zero-order valence-electron chi connectivity index (χ0n) is 7.02. The van der Waals surface area contributed by atoms with Gasteiger partial charge in [0.1, 0.15) is 0 Å². The maximum absolute atomic E-state index is 13.2. The van der Waals surface area contributed by atoms with Gasteiger partial charge in [0.2, 0.25) is 0 Å². The van der Waals surface area contributed by atoms with Crippen LogP contribution in [0.25, 0.3) is 0 Å². The molecule has 0 aromatic rings. The van der Waals surface area contributed by atoms with E-state index in [1.807, 2.05) is 0 Å². The summed E-state index contributed by atoms with van der Waals surface area (Å²) in [6.45, 7) is 3.21. The highest BCUT2D eigenvalue weighted by Crippen LogP contribution is 2.22. The molecule has 0 spiro atoms. The van der Waals surface area contributed by atoms with Crippen LogP contribution in [-0.4, -0.2) is 19.1 Å². The van der Waals surface area contributed by atoms with E-state index < -0.39 is 12.0 Å². The molecule has 0 aliphatic rings. The van der Waals surface area contributed by atoms with Gasteiger partial charge < -0.3 is 9.47 Å². The smallest absolute Gasteiger partial charge is 0.438 e. The summed E-state index contributed by atoms with van der Waals surface area (Å²) in [4.78, 5) is 10.5. The maximum atomic E-state index is 13.2. The third-order valence-corrected chi connectivity index (χ3v) is 1.49. The highest BCUT2D eigenvalue weighted by Gasteiger charge is 2.29. The Hall–Kier alpha value is -0.800. The molecule has 0 amide bonds. The van der Waals surface area contributed by atoms with Gasteiger partial charge in [0.15, 0.2) is 0 Å². The fourth-order valence-electron chi connectivity index (χ4n) is 0.585. The van der Waals surface area contributed by atoms with Crippen molar-refractivity contribution >= 4 is 6.16 Å².